The Balaban J connectivity index is 1.17. The third kappa shape index (κ3) is 5.76. The summed E-state index contributed by atoms with van der Waals surface area (Å²) in [7, 11) is 0. The molecule has 3 fully saturated rings. The van der Waals surface area contributed by atoms with Gasteiger partial charge >= 0.3 is 0 Å². The summed E-state index contributed by atoms with van der Waals surface area (Å²) in [6.45, 7) is 11.3. The number of benzene rings is 1. The molecule has 1 saturated carbocycles. The molecule has 2 atom stereocenters. The molecule has 2 saturated heterocycles. The van der Waals surface area contributed by atoms with Crippen molar-refractivity contribution < 1.29 is 9.59 Å². The normalized spacial score (nSPS) is 22.1. The predicted octanol–water partition coefficient (Wildman–Crippen LogP) is 5.67. The van der Waals surface area contributed by atoms with Crippen LogP contribution in [0.25, 0.3) is 0 Å². The van der Waals surface area contributed by atoms with Gasteiger partial charge in [0.25, 0.3) is 5.91 Å². The van der Waals surface area contributed by atoms with Gasteiger partial charge in [0.05, 0.1) is 11.3 Å². The largest absolute Gasteiger partial charge is 0.338 e. The van der Waals surface area contributed by atoms with E-state index in [-0.39, 0.29) is 17.7 Å². The van der Waals surface area contributed by atoms with Crippen LogP contribution in [0.4, 0.5) is 5.69 Å². The number of likely N-dealkylation sites (tertiary alicyclic amines) is 2. The molecule has 204 valence electrons. The molecule has 2 unspecified atom stereocenters. The van der Waals surface area contributed by atoms with Gasteiger partial charge in [-0.05, 0) is 87.7 Å². The lowest BCUT2D eigenvalue weighted by Gasteiger charge is -2.30. The van der Waals surface area contributed by atoms with Crippen molar-refractivity contribution in [3.05, 3.63) is 57.9 Å². The van der Waals surface area contributed by atoms with Crippen molar-refractivity contribution in [2.45, 2.75) is 59.3 Å². The first-order chi connectivity index (χ1) is 18.3. The number of fused-ring (bicyclic) bond motifs is 1. The zero-order chi connectivity index (χ0) is 26.8. The molecule has 2 amide bonds. The number of aryl methyl sites for hydroxylation is 3. The summed E-state index contributed by atoms with van der Waals surface area (Å²) in [5.74, 6) is 1.56. The summed E-state index contributed by atoms with van der Waals surface area (Å²) >= 11 is 6.45. The monoisotopic (exact) mass is 536 g/mol. The first-order valence-electron chi connectivity index (χ1n) is 14.3. The number of rotatable bonds is 7. The van der Waals surface area contributed by atoms with Crippen LogP contribution in [0.15, 0.2) is 30.5 Å². The number of hydrogen-bond donors (Lipinski definition) is 0. The van der Waals surface area contributed by atoms with Gasteiger partial charge in [0.15, 0.2) is 0 Å². The molecule has 6 nitrogen and oxygen atoms in total. The van der Waals surface area contributed by atoms with Gasteiger partial charge in [-0.25, -0.2) is 0 Å². The molecule has 38 heavy (non-hydrogen) atoms. The maximum atomic E-state index is 13.6. The van der Waals surface area contributed by atoms with Gasteiger partial charge in [-0.3, -0.25) is 14.6 Å². The minimum Gasteiger partial charge on any atom is -0.338 e. The minimum atomic E-state index is 0.127. The maximum Gasteiger partial charge on any atom is 0.255 e. The Morgan fingerprint density at radius 1 is 0.974 bits per heavy atom. The van der Waals surface area contributed by atoms with Crippen LogP contribution in [0.2, 0.25) is 5.02 Å². The van der Waals surface area contributed by atoms with Crippen molar-refractivity contribution in [1.29, 1.82) is 0 Å². The van der Waals surface area contributed by atoms with Crippen LogP contribution in [0.1, 0.15) is 65.7 Å². The van der Waals surface area contributed by atoms with E-state index >= 15 is 0 Å². The van der Waals surface area contributed by atoms with E-state index in [1.54, 1.807) is 6.20 Å². The Bertz CT molecular complexity index is 1140. The van der Waals surface area contributed by atoms with Crippen molar-refractivity contribution in [2.75, 3.05) is 44.2 Å². The second kappa shape index (κ2) is 11.7. The Labute approximate surface area is 232 Å². The van der Waals surface area contributed by atoms with E-state index < -0.39 is 0 Å². The molecular weight excluding hydrogens is 496 g/mol. The Morgan fingerprint density at radius 3 is 2.34 bits per heavy atom. The highest BCUT2D eigenvalue weighted by Crippen LogP contribution is 2.33. The minimum absolute atomic E-state index is 0.127. The number of aromatic nitrogens is 1. The van der Waals surface area contributed by atoms with Gasteiger partial charge in [0.1, 0.15) is 0 Å². The molecule has 0 bridgehead atoms. The lowest BCUT2D eigenvalue weighted by atomic mass is 9.88. The van der Waals surface area contributed by atoms with Gasteiger partial charge in [-0.1, -0.05) is 36.9 Å². The number of pyridine rings is 1. The summed E-state index contributed by atoms with van der Waals surface area (Å²) in [6, 6.07) is 7.93. The molecule has 7 heteroatoms. The zero-order valence-electron chi connectivity index (χ0n) is 23.1. The zero-order valence-corrected chi connectivity index (χ0v) is 23.8. The lowest BCUT2D eigenvalue weighted by molar-refractivity contribution is -0.123. The van der Waals surface area contributed by atoms with E-state index in [1.807, 2.05) is 54.8 Å². The fraction of sp³-hybridized carbons (Fsp3) is 0.581. The molecule has 2 aromatic rings. The average Bonchev–Trinajstić information content (AvgIpc) is 3.47. The Morgan fingerprint density at radius 2 is 1.68 bits per heavy atom. The molecule has 3 heterocycles. The Hall–Kier alpha value is -2.44. The van der Waals surface area contributed by atoms with E-state index in [1.165, 1.54) is 6.42 Å². The third-order valence-electron chi connectivity index (χ3n) is 8.96. The summed E-state index contributed by atoms with van der Waals surface area (Å²) < 4.78 is 0. The summed E-state index contributed by atoms with van der Waals surface area (Å²) in [5.41, 5.74) is 4.54. The lowest BCUT2D eigenvalue weighted by Crippen LogP contribution is -2.39. The highest BCUT2D eigenvalue weighted by atomic mass is 35.5. The van der Waals surface area contributed by atoms with Crippen LogP contribution < -0.4 is 4.90 Å². The molecule has 0 N–H and O–H groups in total. The van der Waals surface area contributed by atoms with Crippen LogP contribution in [0, 0.1) is 38.5 Å². The van der Waals surface area contributed by atoms with Crippen LogP contribution in [-0.4, -0.2) is 65.9 Å². The molecule has 2 aliphatic heterocycles. The number of nitrogens with zero attached hydrogens (tertiary/aromatic N) is 4. The number of halogens is 1. The van der Waals surface area contributed by atoms with Crippen molar-refractivity contribution >= 4 is 29.1 Å². The van der Waals surface area contributed by atoms with Gasteiger partial charge in [-0.15, -0.1) is 0 Å². The van der Waals surface area contributed by atoms with Crippen molar-refractivity contribution in [2.24, 2.45) is 17.8 Å². The van der Waals surface area contributed by atoms with E-state index in [4.69, 9.17) is 11.6 Å². The van der Waals surface area contributed by atoms with Crippen LogP contribution in [0.3, 0.4) is 0 Å². The van der Waals surface area contributed by atoms with Crippen molar-refractivity contribution in [3.63, 3.8) is 0 Å². The van der Waals surface area contributed by atoms with E-state index in [2.05, 4.69) is 9.88 Å². The predicted molar refractivity (Wildman–Crippen MR) is 153 cm³/mol. The van der Waals surface area contributed by atoms with Crippen LogP contribution in [0.5, 0.6) is 0 Å². The Kier molecular flexibility index (Phi) is 8.39. The topological polar surface area (TPSA) is 56.8 Å². The van der Waals surface area contributed by atoms with Gasteiger partial charge in [-0.2, -0.15) is 0 Å². The first kappa shape index (κ1) is 27.1. The van der Waals surface area contributed by atoms with Crippen LogP contribution >= 0.6 is 11.6 Å². The van der Waals surface area contributed by atoms with Crippen molar-refractivity contribution in [3.8, 4) is 0 Å². The number of anilines is 1. The van der Waals surface area contributed by atoms with Gasteiger partial charge < -0.3 is 14.7 Å². The highest BCUT2D eigenvalue weighted by Gasteiger charge is 2.42. The molecule has 0 radical (unpaired) electrons. The highest BCUT2D eigenvalue weighted by molar-refractivity contribution is 6.31. The third-order valence-corrected chi connectivity index (χ3v) is 9.36. The fourth-order valence-corrected chi connectivity index (χ4v) is 6.93. The van der Waals surface area contributed by atoms with E-state index in [0.717, 1.165) is 92.9 Å². The van der Waals surface area contributed by atoms with Gasteiger partial charge in [0, 0.05) is 55.5 Å². The first-order valence-corrected chi connectivity index (χ1v) is 14.7. The summed E-state index contributed by atoms with van der Waals surface area (Å²) in [6.07, 6.45) is 8.23. The fourth-order valence-electron chi connectivity index (χ4n) is 6.75. The second-order valence-electron chi connectivity index (χ2n) is 11.7. The molecule has 0 spiro atoms. The van der Waals surface area contributed by atoms with Crippen molar-refractivity contribution in [1.82, 2.24) is 14.8 Å². The molecule has 1 aliphatic carbocycles. The molecule has 1 aromatic heterocycles. The van der Waals surface area contributed by atoms with Crippen LogP contribution in [-0.2, 0) is 4.79 Å². The second-order valence-corrected chi connectivity index (χ2v) is 12.1. The van der Waals surface area contributed by atoms with Gasteiger partial charge in [0.2, 0.25) is 5.91 Å². The molecule has 3 aliphatic rings. The average molecular weight is 537 g/mol. The number of carbonyl (C=O) groups is 2. The number of amides is 2. The standard InChI is InChI=1S/C31H41ClN4O2/c1-21-10-11-27(16-28(21)32)36(30(37)24-8-5-4-6-9-24)15-7-14-34-17-25-19-35(20-26(25)18-34)31(38)29-22(2)12-13-33-23(29)3/h10-13,16,24-26H,4-9,14-15,17-20H2,1-3H3. The quantitative estimate of drug-likeness (QED) is 0.457. The van der Waals surface area contributed by atoms with E-state index in [0.29, 0.717) is 23.4 Å². The molecular formula is C31H41ClN4O2. The SMILES string of the molecule is Cc1ccc(N(CCCN2CC3CN(C(=O)c4c(C)ccnc4C)CC3C2)C(=O)C2CCCCC2)cc1Cl. The summed E-state index contributed by atoms with van der Waals surface area (Å²) in [4.78, 5) is 37.7. The maximum absolute atomic E-state index is 13.6. The smallest absolute Gasteiger partial charge is 0.255 e. The van der Waals surface area contributed by atoms with E-state index in [9.17, 15) is 9.59 Å². The molecule has 1 aromatic carbocycles. The summed E-state index contributed by atoms with van der Waals surface area (Å²) in [5, 5.41) is 0.715. The molecule has 5 rings (SSSR count). The number of hydrogen-bond acceptors (Lipinski definition) is 4. The number of carbonyl (C=O) groups excluding carboxylic acids is 2.